The van der Waals surface area contributed by atoms with Gasteiger partial charge < -0.3 is 19.2 Å². The number of rotatable bonds is 7. The molecule has 2 unspecified atom stereocenters. The summed E-state index contributed by atoms with van der Waals surface area (Å²) < 4.78 is 22.5. The van der Waals surface area contributed by atoms with Crippen molar-refractivity contribution in [1.82, 2.24) is 14.5 Å². The van der Waals surface area contributed by atoms with Gasteiger partial charge in [0.15, 0.2) is 5.78 Å². The van der Waals surface area contributed by atoms with Gasteiger partial charge in [-0.15, -0.1) is 0 Å². The van der Waals surface area contributed by atoms with Gasteiger partial charge in [-0.1, -0.05) is 18.2 Å². The molecule has 2 aromatic heterocycles. The van der Waals surface area contributed by atoms with E-state index >= 15 is 4.39 Å². The monoisotopic (exact) mass is 467 g/mol. The molecule has 1 N–H and O–H groups in total. The molecule has 3 aromatic rings. The van der Waals surface area contributed by atoms with Gasteiger partial charge >= 0.3 is 0 Å². The van der Waals surface area contributed by atoms with Crippen LogP contribution >= 0.6 is 0 Å². The molecule has 0 spiro atoms. The number of carbonyl (C=O) groups is 1. The molecule has 3 heterocycles. The number of carbonyl (C=O) groups excluding carboxylic acids is 1. The summed E-state index contributed by atoms with van der Waals surface area (Å²) in [5.74, 6) is 0.365. The van der Waals surface area contributed by atoms with Crippen LogP contribution in [0.5, 0.6) is 5.75 Å². The first-order valence-corrected chi connectivity index (χ1v) is 11.9. The summed E-state index contributed by atoms with van der Waals surface area (Å²) in [5, 5.41) is 0.880. The van der Waals surface area contributed by atoms with Crippen molar-refractivity contribution in [1.29, 1.82) is 0 Å². The van der Waals surface area contributed by atoms with Crippen LogP contribution in [-0.4, -0.2) is 53.7 Å². The summed E-state index contributed by atoms with van der Waals surface area (Å²) in [6, 6.07) is 9.54. The molecule has 1 aliphatic heterocycles. The first-order valence-electron chi connectivity index (χ1n) is 11.9. The number of halogens is 1. The largest absolute Gasteiger partial charge is 0.496 e. The maximum atomic E-state index is 15.0. The van der Waals surface area contributed by atoms with Crippen molar-refractivity contribution in [3.8, 4) is 5.75 Å². The van der Waals surface area contributed by atoms with Gasteiger partial charge in [0.05, 0.1) is 12.7 Å². The lowest BCUT2D eigenvalue weighted by Crippen LogP contribution is -2.42. The Morgan fingerprint density at radius 1 is 1.29 bits per heavy atom. The van der Waals surface area contributed by atoms with Crippen molar-refractivity contribution in [3.05, 3.63) is 63.2 Å². The van der Waals surface area contributed by atoms with E-state index in [4.69, 9.17) is 4.74 Å². The maximum absolute atomic E-state index is 15.0. The normalized spacial score (nSPS) is 19.9. The minimum absolute atomic E-state index is 0.0261. The molecule has 0 bridgehead atoms. The summed E-state index contributed by atoms with van der Waals surface area (Å²) in [4.78, 5) is 30.8. The molecule has 0 amide bonds. The Morgan fingerprint density at radius 2 is 2.03 bits per heavy atom. The molecule has 34 heavy (non-hydrogen) atoms. The Balaban J connectivity index is 1.67. The number of aromatic nitrogens is 2. The van der Waals surface area contributed by atoms with Gasteiger partial charge in [0.25, 0.3) is 5.56 Å². The lowest BCUT2D eigenvalue weighted by atomic mass is 9.88. The molecule has 1 saturated heterocycles. The smallest absolute Gasteiger partial charge is 0.255 e. The summed E-state index contributed by atoms with van der Waals surface area (Å²) in [5.41, 5.74) is 3.43. The molecule has 1 aliphatic rings. The standard InChI is InChI=1S/C27H34FN3O3/c1-16-14-25(34-5)21(27(33)29-16)10-11-24(32)26-18(3)31(23-9-7-6-8-20(23)26)17(2)19-12-13-30(4)15-22(19)28/h6-9,14,17,19,22H,10-13,15H2,1-5H3,(H,29,33)/t17-,19?,22?/m1/s1. The number of pyridine rings is 1. The number of aryl methyl sites for hydroxylation is 1. The second-order valence-electron chi connectivity index (χ2n) is 9.57. The van der Waals surface area contributed by atoms with Crippen LogP contribution in [0.1, 0.15) is 53.1 Å². The summed E-state index contributed by atoms with van der Waals surface area (Å²) in [6.07, 6.45) is 0.345. The SMILES string of the molecule is COc1cc(C)[nH]c(=O)c1CCC(=O)c1c(C)n([C@H](C)C2CCN(C)CC2F)c2ccccc12. The molecule has 0 saturated carbocycles. The van der Waals surface area contributed by atoms with Gasteiger partial charge in [0.2, 0.25) is 0 Å². The molecule has 4 rings (SSSR count). The Hall–Kier alpha value is -2.93. The highest BCUT2D eigenvalue weighted by Crippen LogP contribution is 2.37. The second kappa shape index (κ2) is 9.74. The van der Waals surface area contributed by atoms with Crippen LogP contribution in [0.2, 0.25) is 0 Å². The van der Waals surface area contributed by atoms with E-state index in [9.17, 15) is 9.59 Å². The van der Waals surface area contributed by atoms with Gasteiger partial charge in [-0.05, 0) is 59.3 Å². The van der Waals surface area contributed by atoms with Gasteiger partial charge in [0, 0.05) is 52.8 Å². The molecule has 0 radical (unpaired) electrons. The first kappa shape index (κ1) is 24.2. The van der Waals surface area contributed by atoms with Crippen LogP contribution < -0.4 is 10.3 Å². The summed E-state index contributed by atoms with van der Waals surface area (Å²) >= 11 is 0. The number of para-hydroxylation sites is 1. The minimum atomic E-state index is -0.908. The molecule has 3 atom stereocenters. The number of ketones is 1. The molecule has 182 valence electrons. The lowest BCUT2D eigenvalue weighted by molar-refractivity contribution is 0.0744. The number of benzene rings is 1. The fraction of sp³-hybridized carbons (Fsp3) is 0.481. The number of nitrogens with one attached hydrogen (secondary N) is 1. The van der Waals surface area contributed by atoms with E-state index in [2.05, 4.69) is 16.5 Å². The number of alkyl halides is 1. The number of methoxy groups -OCH3 is 1. The summed E-state index contributed by atoms with van der Waals surface area (Å²) in [6.45, 7) is 7.11. The van der Waals surface area contributed by atoms with E-state index in [-0.39, 0.29) is 36.1 Å². The molecule has 6 nitrogen and oxygen atoms in total. The fourth-order valence-electron chi connectivity index (χ4n) is 5.55. The van der Waals surface area contributed by atoms with Gasteiger partial charge in [-0.25, -0.2) is 4.39 Å². The summed E-state index contributed by atoms with van der Waals surface area (Å²) in [7, 11) is 3.48. The zero-order valence-electron chi connectivity index (χ0n) is 20.7. The third-order valence-electron chi connectivity index (χ3n) is 7.31. The first-order chi connectivity index (χ1) is 16.2. The predicted octanol–water partition coefficient (Wildman–Crippen LogP) is 4.62. The number of H-pyrrole nitrogens is 1. The maximum Gasteiger partial charge on any atom is 0.255 e. The zero-order valence-corrected chi connectivity index (χ0v) is 20.7. The van der Waals surface area contributed by atoms with Crippen LogP contribution in [0.25, 0.3) is 10.9 Å². The van der Waals surface area contributed by atoms with E-state index in [0.717, 1.165) is 29.6 Å². The van der Waals surface area contributed by atoms with Crippen LogP contribution in [0.3, 0.4) is 0 Å². The number of Topliss-reactive ketones (excluding diaryl/α,β-unsaturated/α-hetero) is 1. The average molecular weight is 468 g/mol. The number of piperidine rings is 1. The van der Waals surface area contributed by atoms with Crippen molar-refractivity contribution in [2.24, 2.45) is 5.92 Å². The third-order valence-corrected chi connectivity index (χ3v) is 7.31. The highest BCUT2D eigenvalue weighted by Gasteiger charge is 2.34. The number of ether oxygens (including phenoxy) is 1. The lowest BCUT2D eigenvalue weighted by Gasteiger charge is -2.37. The molecule has 1 fully saturated rings. The molecular formula is C27H34FN3O3. The Kier molecular flexibility index (Phi) is 6.94. The van der Waals surface area contributed by atoms with Crippen molar-refractivity contribution in [3.63, 3.8) is 0 Å². The highest BCUT2D eigenvalue weighted by atomic mass is 19.1. The number of nitrogens with zero attached hydrogens (tertiary/aromatic N) is 2. The predicted molar refractivity (Wildman–Crippen MR) is 133 cm³/mol. The fourth-order valence-corrected chi connectivity index (χ4v) is 5.55. The number of fused-ring (bicyclic) bond motifs is 1. The Bertz CT molecular complexity index is 1260. The zero-order chi connectivity index (χ0) is 24.6. The topological polar surface area (TPSA) is 67.3 Å². The van der Waals surface area contributed by atoms with Crippen molar-refractivity contribution in [2.75, 3.05) is 27.2 Å². The van der Waals surface area contributed by atoms with Crippen molar-refractivity contribution in [2.45, 2.75) is 52.2 Å². The van der Waals surface area contributed by atoms with E-state index in [1.54, 1.807) is 13.0 Å². The van der Waals surface area contributed by atoms with Gasteiger partial charge in [-0.2, -0.15) is 0 Å². The number of aromatic amines is 1. The molecule has 0 aliphatic carbocycles. The van der Waals surface area contributed by atoms with E-state index in [1.165, 1.54) is 7.11 Å². The molecular weight excluding hydrogens is 433 g/mol. The van der Waals surface area contributed by atoms with Gasteiger partial charge in [0.1, 0.15) is 11.9 Å². The van der Waals surface area contributed by atoms with Crippen LogP contribution in [0.15, 0.2) is 35.1 Å². The van der Waals surface area contributed by atoms with Crippen LogP contribution in [0, 0.1) is 19.8 Å². The minimum Gasteiger partial charge on any atom is -0.496 e. The quantitative estimate of drug-likeness (QED) is 0.515. The highest BCUT2D eigenvalue weighted by molar-refractivity contribution is 6.09. The number of likely N-dealkylation sites (tertiary alicyclic amines) is 1. The van der Waals surface area contributed by atoms with E-state index < -0.39 is 6.17 Å². The number of hydrogen-bond donors (Lipinski definition) is 1. The van der Waals surface area contributed by atoms with Crippen LogP contribution in [-0.2, 0) is 6.42 Å². The number of hydrogen-bond acceptors (Lipinski definition) is 4. The van der Waals surface area contributed by atoms with E-state index in [1.807, 2.05) is 43.1 Å². The molecule has 1 aromatic carbocycles. The van der Waals surface area contributed by atoms with Crippen molar-refractivity contribution >= 4 is 16.7 Å². The Morgan fingerprint density at radius 3 is 2.74 bits per heavy atom. The van der Waals surface area contributed by atoms with E-state index in [0.29, 0.717) is 29.1 Å². The molecule has 7 heteroatoms. The Labute approximate surface area is 199 Å². The third kappa shape index (κ3) is 4.41. The van der Waals surface area contributed by atoms with Crippen molar-refractivity contribution < 1.29 is 13.9 Å². The average Bonchev–Trinajstić information content (AvgIpc) is 3.09. The second-order valence-corrected chi connectivity index (χ2v) is 9.57. The van der Waals surface area contributed by atoms with Crippen LogP contribution in [0.4, 0.5) is 4.39 Å². The van der Waals surface area contributed by atoms with Gasteiger partial charge in [-0.3, -0.25) is 9.59 Å².